The van der Waals surface area contributed by atoms with Crippen LogP contribution in [-0.2, 0) is 27.7 Å². The van der Waals surface area contributed by atoms with Crippen LogP contribution in [0.1, 0.15) is 43.7 Å². The standard InChI is InChI=1S/C27H34N4O3S2/c1-3-19-11-13-31(14-12-19)27(32)22(16-25-29-21-8-4-5-9-23(21)35-25)30-36(33,34)24-10-6-7-20-15-18(2)17-28-26(20)24/h4-10,18-19,22,28,30H,3,11-17H2,1-2H3/t18?,22-/m0/s1. The van der Waals surface area contributed by atoms with E-state index in [1.807, 2.05) is 35.2 Å². The molecule has 0 aliphatic carbocycles. The largest absolute Gasteiger partial charge is 0.383 e. The number of carbonyl (C=O) groups is 1. The first-order valence-corrected chi connectivity index (χ1v) is 15.2. The molecule has 3 heterocycles. The van der Waals surface area contributed by atoms with E-state index in [1.165, 1.54) is 11.3 Å². The molecule has 1 amide bonds. The van der Waals surface area contributed by atoms with E-state index in [9.17, 15) is 13.2 Å². The maximum absolute atomic E-state index is 13.7. The molecule has 2 aliphatic heterocycles. The van der Waals surface area contributed by atoms with Gasteiger partial charge in [0.05, 0.1) is 20.9 Å². The van der Waals surface area contributed by atoms with Crippen molar-refractivity contribution in [1.82, 2.24) is 14.6 Å². The Morgan fingerprint density at radius 3 is 2.72 bits per heavy atom. The van der Waals surface area contributed by atoms with E-state index < -0.39 is 16.1 Å². The van der Waals surface area contributed by atoms with Gasteiger partial charge in [-0.1, -0.05) is 44.5 Å². The highest BCUT2D eigenvalue weighted by molar-refractivity contribution is 7.89. The summed E-state index contributed by atoms with van der Waals surface area (Å²) in [6, 6.07) is 12.3. The zero-order valence-electron chi connectivity index (χ0n) is 20.9. The molecule has 7 nitrogen and oxygen atoms in total. The number of likely N-dealkylation sites (tertiary alicyclic amines) is 1. The molecule has 1 aromatic heterocycles. The zero-order valence-corrected chi connectivity index (χ0v) is 22.5. The van der Waals surface area contributed by atoms with Crippen LogP contribution in [0.4, 0.5) is 5.69 Å². The van der Waals surface area contributed by atoms with Crippen molar-refractivity contribution in [3.8, 4) is 0 Å². The number of fused-ring (bicyclic) bond motifs is 2. The summed E-state index contributed by atoms with van der Waals surface area (Å²) in [7, 11) is -3.95. The van der Waals surface area contributed by atoms with Crippen LogP contribution in [0.3, 0.4) is 0 Å². The van der Waals surface area contributed by atoms with Crippen molar-refractivity contribution < 1.29 is 13.2 Å². The summed E-state index contributed by atoms with van der Waals surface area (Å²) in [5.41, 5.74) is 2.51. The summed E-state index contributed by atoms with van der Waals surface area (Å²) in [5.74, 6) is 0.888. The summed E-state index contributed by atoms with van der Waals surface area (Å²) in [6.07, 6.45) is 4.07. The second-order valence-corrected chi connectivity index (χ2v) is 12.9. The molecule has 1 fully saturated rings. The number of thiazole rings is 1. The van der Waals surface area contributed by atoms with Crippen LogP contribution in [0.15, 0.2) is 47.4 Å². The molecule has 192 valence electrons. The van der Waals surface area contributed by atoms with Gasteiger partial charge in [0.15, 0.2) is 0 Å². The Labute approximate surface area is 217 Å². The second-order valence-electron chi connectivity index (χ2n) is 10.1. The molecule has 0 radical (unpaired) electrons. The maximum Gasteiger partial charge on any atom is 0.243 e. The molecule has 0 saturated carbocycles. The maximum atomic E-state index is 13.7. The van der Waals surface area contributed by atoms with Gasteiger partial charge in [-0.15, -0.1) is 11.3 Å². The van der Waals surface area contributed by atoms with Crippen LogP contribution in [0.2, 0.25) is 0 Å². The molecular formula is C27H34N4O3S2. The highest BCUT2D eigenvalue weighted by Gasteiger charge is 2.34. The third-order valence-corrected chi connectivity index (χ3v) is 9.99. The Bertz CT molecular complexity index is 1310. The van der Waals surface area contributed by atoms with Crippen LogP contribution in [0.25, 0.3) is 10.2 Å². The van der Waals surface area contributed by atoms with Gasteiger partial charge in [0, 0.05) is 26.1 Å². The molecule has 2 N–H and O–H groups in total. The smallest absolute Gasteiger partial charge is 0.243 e. The number of aromatic nitrogens is 1. The van der Waals surface area contributed by atoms with E-state index in [4.69, 9.17) is 0 Å². The molecule has 3 aromatic rings. The number of benzene rings is 2. The molecule has 5 rings (SSSR count). The molecule has 9 heteroatoms. The van der Waals surface area contributed by atoms with Gasteiger partial charge in [-0.25, -0.2) is 13.4 Å². The van der Waals surface area contributed by atoms with Crippen LogP contribution in [0.5, 0.6) is 0 Å². The Kier molecular flexibility index (Phi) is 7.32. The number of nitrogens with one attached hydrogen (secondary N) is 2. The van der Waals surface area contributed by atoms with E-state index in [-0.39, 0.29) is 17.2 Å². The highest BCUT2D eigenvalue weighted by atomic mass is 32.2. The molecule has 2 aliphatic rings. The van der Waals surface area contributed by atoms with Crippen molar-refractivity contribution in [3.63, 3.8) is 0 Å². The van der Waals surface area contributed by atoms with Gasteiger partial charge in [0.2, 0.25) is 15.9 Å². The van der Waals surface area contributed by atoms with Gasteiger partial charge in [-0.05, 0) is 54.9 Å². The fourth-order valence-corrected chi connectivity index (χ4v) is 7.72. The lowest BCUT2D eigenvalue weighted by atomic mass is 9.94. The molecular weight excluding hydrogens is 492 g/mol. The Balaban J connectivity index is 1.44. The number of carbonyl (C=O) groups excluding carboxylic acids is 1. The summed E-state index contributed by atoms with van der Waals surface area (Å²) in [5, 5.41) is 4.06. The number of anilines is 1. The topological polar surface area (TPSA) is 91.4 Å². The quantitative estimate of drug-likeness (QED) is 0.475. The monoisotopic (exact) mass is 526 g/mol. The Hall–Kier alpha value is -2.49. The van der Waals surface area contributed by atoms with Gasteiger partial charge in [0.25, 0.3) is 0 Å². The van der Waals surface area contributed by atoms with Crippen molar-refractivity contribution >= 4 is 43.2 Å². The predicted molar refractivity (Wildman–Crippen MR) is 145 cm³/mol. The van der Waals surface area contributed by atoms with Gasteiger partial charge >= 0.3 is 0 Å². The molecule has 1 unspecified atom stereocenters. The van der Waals surface area contributed by atoms with Crippen molar-refractivity contribution in [2.75, 3.05) is 25.0 Å². The van der Waals surface area contributed by atoms with Crippen LogP contribution < -0.4 is 10.0 Å². The van der Waals surface area contributed by atoms with Crippen molar-refractivity contribution in [3.05, 3.63) is 53.0 Å². The van der Waals surface area contributed by atoms with Crippen molar-refractivity contribution in [1.29, 1.82) is 0 Å². The lowest BCUT2D eigenvalue weighted by molar-refractivity contribution is -0.134. The molecule has 1 saturated heterocycles. The first-order chi connectivity index (χ1) is 17.3. The number of para-hydroxylation sites is 2. The fraction of sp³-hybridized carbons (Fsp3) is 0.481. The molecule has 2 atom stereocenters. The first-order valence-electron chi connectivity index (χ1n) is 12.9. The van der Waals surface area contributed by atoms with E-state index >= 15 is 0 Å². The number of nitrogens with zero attached hydrogens (tertiary/aromatic N) is 2. The number of piperidine rings is 1. The summed E-state index contributed by atoms with van der Waals surface area (Å²) in [6.45, 7) is 6.37. The third kappa shape index (κ3) is 5.28. The van der Waals surface area contributed by atoms with E-state index in [2.05, 4.69) is 28.9 Å². The number of hydrogen-bond acceptors (Lipinski definition) is 6. The van der Waals surface area contributed by atoms with Crippen LogP contribution >= 0.6 is 11.3 Å². The van der Waals surface area contributed by atoms with Gasteiger partial charge in [-0.2, -0.15) is 4.72 Å². The summed E-state index contributed by atoms with van der Waals surface area (Å²) >= 11 is 1.51. The Morgan fingerprint density at radius 1 is 1.19 bits per heavy atom. The minimum atomic E-state index is -3.95. The zero-order chi connectivity index (χ0) is 25.3. The number of sulfonamides is 1. The Morgan fingerprint density at radius 2 is 1.97 bits per heavy atom. The van der Waals surface area contributed by atoms with Gasteiger partial charge < -0.3 is 10.2 Å². The fourth-order valence-electron chi connectivity index (χ4n) is 5.29. The van der Waals surface area contributed by atoms with Crippen molar-refractivity contribution in [2.45, 2.75) is 56.9 Å². The highest BCUT2D eigenvalue weighted by Crippen LogP contribution is 2.32. The normalized spacial score (nSPS) is 19.6. The third-order valence-electron chi connectivity index (χ3n) is 7.41. The molecule has 2 aromatic carbocycles. The lowest BCUT2D eigenvalue weighted by Crippen LogP contribution is -2.51. The lowest BCUT2D eigenvalue weighted by Gasteiger charge is -2.34. The van der Waals surface area contributed by atoms with E-state index in [1.54, 1.807) is 12.1 Å². The first kappa shape index (κ1) is 25.2. The molecule has 0 spiro atoms. The van der Waals surface area contributed by atoms with Crippen LogP contribution in [-0.4, -0.2) is 49.9 Å². The van der Waals surface area contributed by atoms with E-state index in [0.717, 1.165) is 53.0 Å². The summed E-state index contributed by atoms with van der Waals surface area (Å²) in [4.78, 5) is 20.4. The number of hydrogen-bond donors (Lipinski definition) is 2. The summed E-state index contributed by atoms with van der Waals surface area (Å²) < 4.78 is 31.2. The average molecular weight is 527 g/mol. The predicted octanol–water partition coefficient (Wildman–Crippen LogP) is 4.44. The molecule has 0 bridgehead atoms. The molecule has 36 heavy (non-hydrogen) atoms. The van der Waals surface area contributed by atoms with E-state index in [0.29, 0.717) is 30.6 Å². The minimum absolute atomic E-state index is 0.168. The minimum Gasteiger partial charge on any atom is -0.383 e. The van der Waals surface area contributed by atoms with Gasteiger partial charge in [-0.3, -0.25) is 4.79 Å². The second kappa shape index (κ2) is 10.5. The van der Waals surface area contributed by atoms with Crippen LogP contribution in [0, 0.1) is 11.8 Å². The van der Waals surface area contributed by atoms with Crippen molar-refractivity contribution in [2.24, 2.45) is 11.8 Å². The SMILES string of the molecule is CCC1CCN(C(=O)[C@H](Cc2nc3ccccc3s2)NS(=O)(=O)c2cccc3c2NCC(C)C3)CC1. The number of amides is 1. The average Bonchev–Trinajstić information content (AvgIpc) is 3.29. The van der Waals surface area contributed by atoms with Gasteiger partial charge in [0.1, 0.15) is 10.9 Å². The number of rotatable bonds is 7.